The maximum atomic E-state index is 14.1. The van der Waals surface area contributed by atoms with Crippen LogP contribution in [-0.2, 0) is 17.8 Å². The van der Waals surface area contributed by atoms with Crippen molar-refractivity contribution >= 4 is 17.1 Å². The number of aromatic nitrogens is 4. The zero-order valence-corrected chi connectivity index (χ0v) is 19.3. The van der Waals surface area contributed by atoms with Gasteiger partial charge in [-0.1, -0.05) is 48.5 Å². The molecule has 180 valence electrons. The molecule has 2 aromatic heterocycles. The molecular weight excluding hydrogens is 463 g/mol. The van der Waals surface area contributed by atoms with Crippen molar-refractivity contribution in [1.82, 2.24) is 18.7 Å². The van der Waals surface area contributed by atoms with Gasteiger partial charge < -0.3 is 9.30 Å². The molecule has 0 saturated carbocycles. The molecule has 0 bridgehead atoms. The monoisotopic (exact) mass is 484 g/mol. The molecule has 0 amide bonds. The Balaban J connectivity index is 1.72. The number of imidazole rings is 1. The summed E-state index contributed by atoms with van der Waals surface area (Å²) >= 11 is 0. The van der Waals surface area contributed by atoms with Crippen LogP contribution in [0.1, 0.15) is 21.5 Å². The van der Waals surface area contributed by atoms with Crippen LogP contribution in [0.4, 0.5) is 4.39 Å². The summed E-state index contributed by atoms with van der Waals surface area (Å²) in [5, 5.41) is 0. The molecule has 5 aromatic rings. The number of ether oxygens (including phenoxy) is 1. The van der Waals surface area contributed by atoms with Crippen molar-refractivity contribution in [2.75, 3.05) is 7.11 Å². The summed E-state index contributed by atoms with van der Waals surface area (Å²) in [6, 6.07) is 21.5. The number of fused-ring (bicyclic) bond motifs is 1. The summed E-state index contributed by atoms with van der Waals surface area (Å²) < 4.78 is 22.9. The molecule has 0 aliphatic rings. The van der Waals surface area contributed by atoms with E-state index in [0.717, 1.165) is 15.7 Å². The predicted molar refractivity (Wildman–Crippen MR) is 132 cm³/mol. The van der Waals surface area contributed by atoms with Crippen LogP contribution in [0.3, 0.4) is 0 Å². The van der Waals surface area contributed by atoms with E-state index in [1.54, 1.807) is 28.8 Å². The third-order valence-corrected chi connectivity index (χ3v) is 5.85. The average molecular weight is 484 g/mol. The molecule has 0 unspecified atom stereocenters. The number of benzene rings is 3. The second kappa shape index (κ2) is 9.46. The number of esters is 1. The zero-order valence-electron chi connectivity index (χ0n) is 19.3. The Hall–Kier alpha value is -4.79. The van der Waals surface area contributed by atoms with Crippen molar-refractivity contribution in [2.45, 2.75) is 13.1 Å². The number of hydrogen-bond donors (Lipinski definition) is 0. The van der Waals surface area contributed by atoms with Gasteiger partial charge in [-0.25, -0.2) is 23.5 Å². The van der Waals surface area contributed by atoms with Gasteiger partial charge in [0.15, 0.2) is 11.2 Å². The van der Waals surface area contributed by atoms with E-state index in [1.165, 1.54) is 36.2 Å². The molecular formula is C27H21FN4O4. The summed E-state index contributed by atoms with van der Waals surface area (Å²) in [6.07, 6.45) is 1.46. The lowest BCUT2D eigenvalue weighted by molar-refractivity contribution is 0.0600. The fourth-order valence-electron chi connectivity index (χ4n) is 4.16. The lowest BCUT2D eigenvalue weighted by Crippen LogP contribution is -2.40. The van der Waals surface area contributed by atoms with E-state index >= 15 is 0 Å². The molecule has 5 rings (SSSR count). The van der Waals surface area contributed by atoms with Crippen molar-refractivity contribution in [1.29, 1.82) is 0 Å². The molecule has 0 radical (unpaired) electrons. The van der Waals surface area contributed by atoms with Crippen molar-refractivity contribution in [3.05, 3.63) is 129 Å². The van der Waals surface area contributed by atoms with Gasteiger partial charge in [-0.2, -0.15) is 0 Å². The van der Waals surface area contributed by atoms with Gasteiger partial charge in [0, 0.05) is 6.54 Å². The van der Waals surface area contributed by atoms with E-state index in [9.17, 15) is 18.8 Å². The predicted octanol–water partition coefficient (Wildman–Crippen LogP) is 3.37. The number of nitrogens with zero attached hydrogens (tertiary/aromatic N) is 4. The largest absolute Gasteiger partial charge is 0.465 e. The summed E-state index contributed by atoms with van der Waals surface area (Å²) in [4.78, 5) is 43.5. The van der Waals surface area contributed by atoms with Crippen molar-refractivity contribution in [3.8, 4) is 5.69 Å². The van der Waals surface area contributed by atoms with Gasteiger partial charge in [-0.3, -0.25) is 9.36 Å². The van der Waals surface area contributed by atoms with E-state index in [1.807, 2.05) is 36.4 Å². The molecule has 0 saturated heterocycles. The molecule has 0 fully saturated rings. The van der Waals surface area contributed by atoms with Crippen LogP contribution in [0.2, 0.25) is 0 Å². The summed E-state index contributed by atoms with van der Waals surface area (Å²) in [7, 11) is 1.30. The first-order chi connectivity index (χ1) is 17.5. The smallest absolute Gasteiger partial charge is 0.337 e. The third-order valence-electron chi connectivity index (χ3n) is 5.85. The first-order valence-electron chi connectivity index (χ1n) is 11.1. The maximum Gasteiger partial charge on any atom is 0.337 e. The van der Waals surface area contributed by atoms with Crippen LogP contribution in [0.5, 0.6) is 0 Å². The Morgan fingerprint density at radius 2 is 1.67 bits per heavy atom. The molecule has 0 aliphatic carbocycles. The highest BCUT2D eigenvalue weighted by Gasteiger charge is 2.20. The van der Waals surface area contributed by atoms with Gasteiger partial charge in [0.1, 0.15) is 5.82 Å². The second-order valence-corrected chi connectivity index (χ2v) is 8.21. The number of carbonyl (C=O) groups is 1. The highest BCUT2D eigenvalue weighted by Crippen LogP contribution is 2.17. The van der Waals surface area contributed by atoms with Crippen LogP contribution in [0.15, 0.2) is 94.8 Å². The minimum atomic E-state index is -0.625. The first kappa shape index (κ1) is 23.0. The first-order valence-corrected chi connectivity index (χ1v) is 11.1. The van der Waals surface area contributed by atoms with Crippen LogP contribution >= 0.6 is 0 Å². The number of rotatable bonds is 6. The zero-order chi connectivity index (χ0) is 25.2. The van der Waals surface area contributed by atoms with Gasteiger partial charge in [0.05, 0.1) is 31.2 Å². The van der Waals surface area contributed by atoms with Gasteiger partial charge in [-0.05, 0) is 41.5 Å². The van der Waals surface area contributed by atoms with Gasteiger partial charge in [0.2, 0.25) is 0 Å². The quantitative estimate of drug-likeness (QED) is 0.345. The molecule has 0 aliphatic heterocycles. The minimum Gasteiger partial charge on any atom is -0.465 e. The fraction of sp³-hybridized carbons (Fsp3) is 0.111. The normalized spacial score (nSPS) is 11.1. The maximum absolute atomic E-state index is 14.1. The molecule has 0 atom stereocenters. The van der Waals surface area contributed by atoms with Crippen molar-refractivity contribution in [2.24, 2.45) is 0 Å². The molecule has 0 spiro atoms. The van der Waals surface area contributed by atoms with E-state index in [0.29, 0.717) is 5.56 Å². The van der Waals surface area contributed by atoms with Gasteiger partial charge >= 0.3 is 11.7 Å². The lowest BCUT2D eigenvalue weighted by atomic mass is 10.1. The van der Waals surface area contributed by atoms with E-state index in [2.05, 4.69) is 4.98 Å². The Kier molecular flexibility index (Phi) is 6.03. The highest BCUT2D eigenvalue weighted by atomic mass is 19.1. The van der Waals surface area contributed by atoms with E-state index < -0.39 is 23.0 Å². The molecule has 0 N–H and O–H groups in total. The lowest BCUT2D eigenvalue weighted by Gasteiger charge is -2.13. The molecule has 9 heteroatoms. The Bertz CT molecular complexity index is 1700. The van der Waals surface area contributed by atoms with Crippen molar-refractivity contribution < 1.29 is 13.9 Å². The number of halogens is 1. The summed E-state index contributed by atoms with van der Waals surface area (Å²) in [5.41, 5.74) is 1.27. The van der Waals surface area contributed by atoms with Crippen LogP contribution < -0.4 is 11.2 Å². The molecule has 8 nitrogen and oxygen atoms in total. The molecule has 2 heterocycles. The number of hydrogen-bond acceptors (Lipinski definition) is 5. The van der Waals surface area contributed by atoms with Gasteiger partial charge in [0.25, 0.3) is 5.56 Å². The fourth-order valence-corrected chi connectivity index (χ4v) is 4.16. The third kappa shape index (κ3) is 4.22. The van der Waals surface area contributed by atoms with E-state index in [-0.39, 0.29) is 29.9 Å². The van der Waals surface area contributed by atoms with E-state index in [4.69, 9.17) is 4.74 Å². The highest BCUT2D eigenvalue weighted by molar-refractivity contribution is 5.89. The van der Waals surface area contributed by atoms with Crippen molar-refractivity contribution in [3.63, 3.8) is 0 Å². The standard InChI is InChI=1S/C27H21FN4O4/c1-36-26(34)20-10-5-9-19(13-20)15-30-17-29-24-23(30)25(33)31(16-18-7-3-2-4-8-18)27(35)32(24)22-12-6-11-21(28)14-22/h2-14,17H,15-16H2,1H3. The Morgan fingerprint density at radius 3 is 2.42 bits per heavy atom. The second-order valence-electron chi connectivity index (χ2n) is 8.21. The topological polar surface area (TPSA) is 88.1 Å². The van der Waals surface area contributed by atoms with Gasteiger partial charge in [-0.15, -0.1) is 0 Å². The van der Waals surface area contributed by atoms with Crippen LogP contribution in [-0.4, -0.2) is 31.8 Å². The number of carbonyl (C=O) groups excluding carboxylic acids is 1. The van der Waals surface area contributed by atoms with Crippen LogP contribution in [0.25, 0.3) is 16.9 Å². The SMILES string of the molecule is COC(=O)c1cccc(Cn2cnc3c2c(=O)n(Cc2ccccc2)c(=O)n3-c2cccc(F)c2)c1. The summed E-state index contributed by atoms with van der Waals surface area (Å²) in [6.45, 7) is 0.246. The average Bonchev–Trinajstić information content (AvgIpc) is 3.30. The Morgan fingerprint density at radius 1 is 0.917 bits per heavy atom. The molecule has 3 aromatic carbocycles. The van der Waals surface area contributed by atoms with Crippen LogP contribution in [0, 0.1) is 5.82 Å². The molecule has 36 heavy (non-hydrogen) atoms. The number of methoxy groups -OCH3 is 1. The summed E-state index contributed by atoms with van der Waals surface area (Å²) in [5.74, 6) is -0.995. The minimum absolute atomic E-state index is 0.0345. The Labute approximate surface area is 204 Å².